The van der Waals surface area contributed by atoms with Gasteiger partial charge in [-0.2, -0.15) is 5.10 Å². The van der Waals surface area contributed by atoms with Gasteiger partial charge in [-0.05, 0) is 54.9 Å². The summed E-state index contributed by atoms with van der Waals surface area (Å²) in [7, 11) is 0. The number of fused-ring (bicyclic) bond motifs is 1. The van der Waals surface area contributed by atoms with Crippen LogP contribution in [0.3, 0.4) is 0 Å². The highest BCUT2D eigenvalue weighted by molar-refractivity contribution is 5.90. The van der Waals surface area contributed by atoms with E-state index in [1.54, 1.807) is 24.4 Å². The van der Waals surface area contributed by atoms with Crippen molar-refractivity contribution in [2.75, 3.05) is 19.6 Å². The van der Waals surface area contributed by atoms with E-state index in [1.807, 2.05) is 30.3 Å². The lowest BCUT2D eigenvalue weighted by atomic mass is 9.89. The molecule has 0 radical (unpaired) electrons. The van der Waals surface area contributed by atoms with Gasteiger partial charge in [-0.15, -0.1) is 0 Å². The highest BCUT2D eigenvalue weighted by Crippen LogP contribution is 2.35. The van der Waals surface area contributed by atoms with Crippen LogP contribution < -0.4 is 10.1 Å². The topological polar surface area (TPSA) is 90.5 Å². The number of rotatable bonds is 7. The zero-order chi connectivity index (χ0) is 21.2. The molecule has 1 aromatic heterocycles. The lowest BCUT2D eigenvalue weighted by Crippen LogP contribution is -2.48. The van der Waals surface area contributed by atoms with Gasteiger partial charge in [0, 0.05) is 31.5 Å². The summed E-state index contributed by atoms with van der Waals surface area (Å²) in [6, 6.07) is 11.3. The van der Waals surface area contributed by atoms with Crippen LogP contribution in [0.1, 0.15) is 19.3 Å². The Bertz CT molecular complexity index is 1100. The summed E-state index contributed by atoms with van der Waals surface area (Å²) < 4.78 is 6.27. The third-order valence-corrected chi connectivity index (χ3v) is 6.04. The maximum absolute atomic E-state index is 12.1. The number of nitrogens with zero attached hydrogens (tertiary/aromatic N) is 2. The number of aromatic nitrogens is 2. The molecule has 1 saturated heterocycles. The summed E-state index contributed by atoms with van der Waals surface area (Å²) in [6.45, 7) is 3.11. The smallest absolute Gasteiger partial charge is 0.243 e. The minimum Gasteiger partial charge on any atom is -0.508 e. The lowest BCUT2D eigenvalue weighted by Gasteiger charge is -2.35. The number of benzene rings is 2. The van der Waals surface area contributed by atoms with E-state index < -0.39 is 0 Å². The van der Waals surface area contributed by atoms with Crippen LogP contribution in [0, 0.1) is 0 Å². The minimum atomic E-state index is -0.0319. The molecule has 5 rings (SSSR count). The zero-order valence-corrected chi connectivity index (χ0v) is 17.3. The molecule has 1 amide bonds. The highest BCUT2D eigenvalue weighted by Gasteiger charge is 2.32. The van der Waals surface area contributed by atoms with Crippen molar-refractivity contribution in [2.24, 2.45) is 0 Å². The summed E-state index contributed by atoms with van der Waals surface area (Å²) in [5, 5.41) is 20.7. The van der Waals surface area contributed by atoms with Gasteiger partial charge in [-0.3, -0.25) is 14.8 Å². The third-order valence-electron chi connectivity index (χ3n) is 6.04. The Morgan fingerprint density at radius 2 is 2.03 bits per heavy atom. The maximum atomic E-state index is 12.1. The van der Waals surface area contributed by atoms with Crippen LogP contribution in [-0.4, -0.2) is 57.9 Å². The number of ether oxygens (including phenoxy) is 1. The molecule has 2 aliphatic rings. The highest BCUT2D eigenvalue weighted by atomic mass is 16.5. The molecule has 7 nitrogen and oxygen atoms in total. The van der Waals surface area contributed by atoms with Crippen LogP contribution in [0.4, 0.5) is 0 Å². The number of phenols is 1. The predicted molar refractivity (Wildman–Crippen MR) is 119 cm³/mol. The van der Waals surface area contributed by atoms with Gasteiger partial charge in [-0.25, -0.2) is 0 Å². The van der Waals surface area contributed by atoms with E-state index >= 15 is 0 Å². The van der Waals surface area contributed by atoms with Crippen molar-refractivity contribution in [3.8, 4) is 22.6 Å². The number of aromatic hydroxyl groups is 1. The van der Waals surface area contributed by atoms with Crippen LogP contribution in [-0.2, 0) is 4.79 Å². The summed E-state index contributed by atoms with van der Waals surface area (Å²) >= 11 is 0. The van der Waals surface area contributed by atoms with Gasteiger partial charge in [0.15, 0.2) is 0 Å². The van der Waals surface area contributed by atoms with Crippen molar-refractivity contribution in [2.45, 2.75) is 31.4 Å². The molecule has 3 N–H and O–H groups in total. The zero-order valence-electron chi connectivity index (χ0n) is 17.3. The summed E-state index contributed by atoms with van der Waals surface area (Å²) in [5.74, 6) is 0.981. The summed E-state index contributed by atoms with van der Waals surface area (Å²) in [6.07, 6.45) is 8.24. The second kappa shape index (κ2) is 8.43. The fraction of sp³-hybridized carbons (Fsp3) is 0.333. The number of carbonyl (C=O) groups is 1. The SMILES string of the molecule is O=C(/C=C/CN1CCC1)N[C@H]1C[C@H](Oc2cc(-c3ccc(O)cc3)cc3[nH]ncc23)C1. The molecule has 1 aliphatic carbocycles. The number of H-pyrrole nitrogens is 1. The Hall–Kier alpha value is -3.32. The number of likely N-dealkylation sites (tertiary alicyclic amines) is 1. The molecule has 31 heavy (non-hydrogen) atoms. The number of amides is 1. The van der Waals surface area contributed by atoms with Crippen molar-refractivity contribution in [1.29, 1.82) is 0 Å². The van der Waals surface area contributed by atoms with Crippen LogP contribution in [0.5, 0.6) is 11.5 Å². The number of hydrogen-bond donors (Lipinski definition) is 3. The average Bonchev–Trinajstić information content (AvgIpc) is 3.17. The van der Waals surface area contributed by atoms with Gasteiger partial charge in [0.2, 0.25) is 5.91 Å². The van der Waals surface area contributed by atoms with Gasteiger partial charge in [-0.1, -0.05) is 18.2 Å². The molecule has 0 bridgehead atoms. The molecule has 1 aliphatic heterocycles. The molecule has 2 fully saturated rings. The Kier molecular flexibility index (Phi) is 5.34. The van der Waals surface area contributed by atoms with Crippen molar-refractivity contribution < 1.29 is 14.6 Å². The summed E-state index contributed by atoms with van der Waals surface area (Å²) in [5.41, 5.74) is 2.88. The van der Waals surface area contributed by atoms with E-state index in [9.17, 15) is 9.90 Å². The fourth-order valence-corrected chi connectivity index (χ4v) is 4.02. The Morgan fingerprint density at radius 3 is 2.77 bits per heavy atom. The fourth-order valence-electron chi connectivity index (χ4n) is 4.02. The predicted octanol–water partition coefficient (Wildman–Crippen LogP) is 3.22. The second-order valence-corrected chi connectivity index (χ2v) is 8.33. The van der Waals surface area contributed by atoms with E-state index in [0.717, 1.165) is 60.3 Å². The minimum absolute atomic E-state index is 0.0319. The van der Waals surface area contributed by atoms with Crippen molar-refractivity contribution in [3.63, 3.8) is 0 Å². The Labute approximate surface area is 180 Å². The normalized spacial score (nSPS) is 21.0. The van der Waals surface area contributed by atoms with E-state index in [0.29, 0.717) is 0 Å². The second-order valence-electron chi connectivity index (χ2n) is 8.33. The monoisotopic (exact) mass is 418 g/mol. The maximum Gasteiger partial charge on any atom is 0.243 e. The van der Waals surface area contributed by atoms with E-state index in [2.05, 4.69) is 20.4 Å². The molecule has 3 aromatic rings. The van der Waals surface area contributed by atoms with Crippen molar-refractivity contribution >= 4 is 16.8 Å². The average molecular weight is 418 g/mol. The van der Waals surface area contributed by atoms with Gasteiger partial charge < -0.3 is 15.2 Å². The molecule has 160 valence electrons. The standard InChI is InChI=1S/C24H26N4O3/c29-19-6-4-16(5-7-19)17-11-22-21(15-25-27-22)23(12-17)31-20-13-18(14-20)26-24(30)3-1-8-28-9-2-10-28/h1,3-7,11-12,15,18,20,29H,2,8-10,13-14H2,(H,25,27)(H,26,30)/b3-1+/t18-,20-. The first kappa shape index (κ1) is 19.6. The molecule has 0 atom stereocenters. The Morgan fingerprint density at radius 1 is 1.23 bits per heavy atom. The van der Waals surface area contributed by atoms with Gasteiger partial charge in [0.05, 0.1) is 17.1 Å². The first-order valence-corrected chi connectivity index (χ1v) is 10.8. The quantitative estimate of drug-likeness (QED) is 0.513. The van der Waals surface area contributed by atoms with Crippen molar-refractivity contribution in [1.82, 2.24) is 20.4 Å². The van der Waals surface area contributed by atoms with E-state index in [-0.39, 0.29) is 23.8 Å². The number of hydrogen-bond acceptors (Lipinski definition) is 5. The third kappa shape index (κ3) is 4.41. The van der Waals surface area contributed by atoms with Crippen LogP contribution >= 0.6 is 0 Å². The number of carbonyl (C=O) groups excluding carboxylic acids is 1. The van der Waals surface area contributed by atoms with Crippen LogP contribution in [0.25, 0.3) is 22.0 Å². The number of nitrogens with one attached hydrogen (secondary N) is 2. The van der Waals surface area contributed by atoms with E-state index in [1.165, 1.54) is 6.42 Å². The molecule has 2 heterocycles. The number of aromatic amines is 1. The molecule has 0 unspecified atom stereocenters. The molecule has 1 saturated carbocycles. The first-order chi connectivity index (χ1) is 15.1. The van der Waals surface area contributed by atoms with E-state index in [4.69, 9.17) is 4.74 Å². The van der Waals surface area contributed by atoms with Crippen molar-refractivity contribution in [3.05, 3.63) is 54.7 Å². The molecule has 7 heteroatoms. The number of phenolic OH excluding ortho intramolecular Hbond substituents is 1. The molecular weight excluding hydrogens is 392 g/mol. The first-order valence-electron chi connectivity index (χ1n) is 10.8. The van der Waals surface area contributed by atoms with Crippen LogP contribution in [0.2, 0.25) is 0 Å². The van der Waals surface area contributed by atoms with Gasteiger partial charge in [0.25, 0.3) is 0 Å². The largest absolute Gasteiger partial charge is 0.508 e. The lowest BCUT2D eigenvalue weighted by molar-refractivity contribution is -0.118. The Balaban J connectivity index is 1.20. The van der Waals surface area contributed by atoms with Gasteiger partial charge in [0.1, 0.15) is 17.6 Å². The van der Waals surface area contributed by atoms with Crippen LogP contribution in [0.15, 0.2) is 54.7 Å². The molecular formula is C24H26N4O3. The summed E-state index contributed by atoms with van der Waals surface area (Å²) in [4.78, 5) is 14.4. The van der Waals surface area contributed by atoms with Gasteiger partial charge >= 0.3 is 0 Å². The molecule has 0 spiro atoms. The molecule has 2 aromatic carbocycles.